The monoisotopic (exact) mass is 200 g/mol. The standard InChI is InChI=1S/C12H28N2/c1-6-9-13-10-12(7-2,8-3)11-14(4)5/h13H,6-11H2,1-5H3. The van der Waals surface area contributed by atoms with E-state index in [9.17, 15) is 0 Å². The third-order valence-corrected chi connectivity index (χ3v) is 3.08. The van der Waals surface area contributed by atoms with E-state index in [2.05, 4.69) is 45.1 Å². The summed E-state index contributed by atoms with van der Waals surface area (Å²) in [5.74, 6) is 0. The van der Waals surface area contributed by atoms with Crippen LogP contribution in [-0.4, -0.2) is 38.6 Å². The summed E-state index contributed by atoms with van der Waals surface area (Å²) in [6.07, 6.45) is 3.75. The van der Waals surface area contributed by atoms with Gasteiger partial charge in [0.2, 0.25) is 0 Å². The van der Waals surface area contributed by atoms with Gasteiger partial charge in [-0.3, -0.25) is 0 Å². The molecule has 14 heavy (non-hydrogen) atoms. The quantitative estimate of drug-likeness (QED) is 0.605. The minimum Gasteiger partial charge on any atom is -0.316 e. The molecule has 0 fully saturated rings. The maximum atomic E-state index is 3.56. The van der Waals surface area contributed by atoms with Crippen molar-refractivity contribution in [1.82, 2.24) is 10.2 Å². The summed E-state index contributed by atoms with van der Waals surface area (Å²) < 4.78 is 0. The van der Waals surface area contributed by atoms with Crippen molar-refractivity contribution < 1.29 is 0 Å². The number of nitrogens with zero attached hydrogens (tertiary/aromatic N) is 1. The number of hydrogen-bond donors (Lipinski definition) is 1. The molecule has 1 N–H and O–H groups in total. The first-order chi connectivity index (χ1) is 6.60. The van der Waals surface area contributed by atoms with Gasteiger partial charge in [0.25, 0.3) is 0 Å². The Balaban J connectivity index is 4.07. The third-order valence-electron chi connectivity index (χ3n) is 3.08. The van der Waals surface area contributed by atoms with Gasteiger partial charge < -0.3 is 10.2 Å². The van der Waals surface area contributed by atoms with Crippen LogP contribution in [0.4, 0.5) is 0 Å². The lowest BCUT2D eigenvalue weighted by molar-refractivity contribution is 0.174. The van der Waals surface area contributed by atoms with Gasteiger partial charge in [-0.2, -0.15) is 0 Å². The molecule has 0 spiro atoms. The minimum absolute atomic E-state index is 0.471. The fourth-order valence-electron chi connectivity index (χ4n) is 1.98. The van der Waals surface area contributed by atoms with Crippen LogP contribution in [0.25, 0.3) is 0 Å². The summed E-state index contributed by atoms with van der Waals surface area (Å²) in [7, 11) is 4.33. The molecule has 0 aliphatic rings. The van der Waals surface area contributed by atoms with E-state index < -0.39 is 0 Å². The highest BCUT2D eigenvalue weighted by Crippen LogP contribution is 2.25. The number of nitrogens with one attached hydrogen (secondary N) is 1. The van der Waals surface area contributed by atoms with Crippen LogP contribution in [0.5, 0.6) is 0 Å². The van der Waals surface area contributed by atoms with Gasteiger partial charge in [0, 0.05) is 13.1 Å². The summed E-state index contributed by atoms with van der Waals surface area (Å²) >= 11 is 0. The molecule has 0 aliphatic carbocycles. The van der Waals surface area contributed by atoms with Crippen LogP contribution in [0, 0.1) is 5.41 Å². The summed E-state index contributed by atoms with van der Waals surface area (Å²) in [6, 6.07) is 0. The summed E-state index contributed by atoms with van der Waals surface area (Å²) in [4.78, 5) is 2.31. The molecule has 86 valence electrons. The summed E-state index contributed by atoms with van der Waals surface area (Å²) in [5, 5.41) is 3.56. The van der Waals surface area contributed by atoms with Crippen molar-refractivity contribution in [3.05, 3.63) is 0 Å². The topological polar surface area (TPSA) is 15.3 Å². The van der Waals surface area contributed by atoms with Gasteiger partial charge in [-0.25, -0.2) is 0 Å². The lowest BCUT2D eigenvalue weighted by atomic mass is 9.81. The first-order valence-electron chi connectivity index (χ1n) is 5.95. The van der Waals surface area contributed by atoms with Crippen molar-refractivity contribution in [3.63, 3.8) is 0 Å². The van der Waals surface area contributed by atoms with E-state index >= 15 is 0 Å². The Morgan fingerprint density at radius 1 is 1.07 bits per heavy atom. The van der Waals surface area contributed by atoms with Crippen molar-refractivity contribution in [2.75, 3.05) is 33.7 Å². The van der Waals surface area contributed by atoms with E-state index in [1.54, 1.807) is 0 Å². The average molecular weight is 200 g/mol. The van der Waals surface area contributed by atoms with Gasteiger partial charge in [0.05, 0.1) is 0 Å². The van der Waals surface area contributed by atoms with Gasteiger partial charge in [-0.15, -0.1) is 0 Å². The van der Waals surface area contributed by atoms with Crippen LogP contribution in [-0.2, 0) is 0 Å². The second kappa shape index (κ2) is 7.24. The predicted octanol–water partition coefficient (Wildman–Crippen LogP) is 2.35. The second-order valence-corrected chi connectivity index (χ2v) is 4.62. The van der Waals surface area contributed by atoms with Crippen molar-refractivity contribution in [2.24, 2.45) is 5.41 Å². The van der Waals surface area contributed by atoms with Gasteiger partial charge in [-0.1, -0.05) is 20.8 Å². The van der Waals surface area contributed by atoms with Gasteiger partial charge in [0.15, 0.2) is 0 Å². The van der Waals surface area contributed by atoms with Crippen LogP contribution in [0.3, 0.4) is 0 Å². The van der Waals surface area contributed by atoms with Crippen LogP contribution in [0.15, 0.2) is 0 Å². The largest absolute Gasteiger partial charge is 0.316 e. The predicted molar refractivity (Wildman–Crippen MR) is 64.7 cm³/mol. The van der Waals surface area contributed by atoms with Gasteiger partial charge in [-0.05, 0) is 45.3 Å². The average Bonchev–Trinajstić information content (AvgIpc) is 2.16. The lowest BCUT2D eigenvalue weighted by Crippen LogP contribution is -2.41. The Labute approximate surface area is 90.1 Å². The van der Waals surface area contributed by atoms with Crippen molar-refractivity contribution in [2.45, 2.75) is 40.0 Å². The van der Waals surface area contributed by atoms with E-state index in [-0.39, 0.29) is 0 Å². The second-order valence-electron chi connectivity index (χ2n) is 4.62. The summed E-state index contributed by atoms with van der Waals surface area (Å²) in [6.45, 7) is 10.3. The highest BCUT2D eigenvalue weighted by molar-refractivity contribution is 4.81. The maximum absolute atomic E-state index is 3.56. The molecule has 0 radical (unpaired) electrons. The fraction of sp³-hybridized carbons (Fsp3) is 1.00. The Morgan fingerprint density at radius 2 is 1.64 bits per heavy atom. The molecule has 0 unspecified atom stereocenters. The zero-order valence-electron chi connectivity index (χ0n) is 10.7. The van der Waals surface area contributed by atoms with E-state index in [1.165, 1.54) is 25.8 Å². The van der Waals surface area contributed by atoms with Gasteiger partial charge >= 0.3 is 0 Å². The Hall–Kier alpha value is -0.0800. The van der Waals surface area contributed by atoms with Crippen LogP contribution in [0.2, 0.25) is 0 Å². The Bertz CT molecular complexity index is 128. The molecule has 0 aromatic rings. The fourth-order valence-corrected chi connectivity index (χ4v) is 1.98. The minimum atomic E-state index is 0.471. The summed E-state index contributed by atoms with van der Waals surface area (Å²) in [5.41, 5.74) is 0.471. The van der Waals surface area contributed by atoms with E-state index in [0.29, 0.717) is 5.41 Å². The molecule has 0 rings (SSSR count). The van der Waals surface area contributed by atoms with E-state index in [1.807, 2.05) is 0 Å². The molecule has 0 saturated carbocycles. The molecule has 0 aromatic carbocycles. The van der Waals surface area contributed by atoms with Crippen molar-refractivity contribution in [1.29, 1.82) is 0 Å². The molecule has 0 aromatic heterocycles. The van der Waals surface area contributed by atoms with E-state index in [0.717, 1.165) is 13.1 Å². The molecule has 0 bridgehead atoms. The highest BCUT2D eigenvalue weighted by Gasteiger charge is 2.25. The van der Waals surface area contributed by atoms with Crippen LogP contribution < -0.4 is 5.32 Å². The first kappa shape index (κ1) is 13.9. The molecular formula is C12H28N2. The molecule has 0 amide bonds. The molecule has 2 nitrogen and oxygen atoms in total. The molecule has 2 heteroatoms. The van der Waals surface area contributed by atoms with Crippen molar-refractivity contribution in [3.8, 4) is 0 Å². The lowest BCUT2D eigenvalue weighted by Gasteiger charge is -2.34. The van der Waals surface area contributed by atoms with Crippen molar-refractivity contribution >= 4 is 0 Å². The zero-order chi connectivity index (χ0) is 11.0. The van der Waals surface area contributed by atoms with Gasteiger partial charge in [0.1, 0.15) is 0 Å². The SMILES string of the molecule is CCCNCC(CC)(CC)CN(C)C. The first-order valence-corrected chi connectivity index (χ1v) is 5.95. The van der Waals surface area contributed by atoms with E-state index in [4.69, 9.17) is 0 Å². The zero-order valence-corrected chi connectivity index (χ0v) is 10.7. The molecular weight excluding hydrogens is 172 g/mol. The van der Waals surface area contributed by atoms with Crippen LogP contribution >= 0.6 is 0 Å². The molecule has 0 heterocycles. The third kappa shape index (κ3) is 4.97. The maximum Gasteiger partial charge on any atom is 0.00438 e. The number of rotatable bonds is 8. The Morgan fingerprint density at radius 3 is 2.00 bits per heavy atom. The molecule has 0 atom stereocenters. The highest BCUT2D eigenvalue weighted by atomic mass is 15.1. The number of hydrogen-bond acceptors (Lipinski definition) is 2. The molecule has 0 saturated heterocycles. The smallest absolute Gasteiger partial charge is 0.00438 e. The van der Waals surface area contributed by atoms with Crippen LogP contribution in [0.1, 0.15) is 40.0 Å². The normalized spacial score (nSPS) is 12.4. The molecule has 0 aliphatic heterocycles. The Kier molecular flexibility index (Phi) is 7.20.